The van der Waals surface area contributed by atoms with E-state index in [9.17, 15) is 8.42 Å². The predicted molar refractivity (Wildman–Crippen MR) is 82.7 cm³/mol. The molecule has 118 valence electrons. The van der Waals surface area contributed by atoms with Gasteiger partial charge in [0.15, 0.2) is 0 Å². The maximum absolute atomic E-state index is 12.3. The zero-order valence-corrected chi connectivity index (χ0v) is 13.2. The molecule has 0 radical (unpaired) electrons. The minimum absolute atomic E-state index is 0.0550. The van der Waals surface area contributed by atoms with Gasteiger partial charge in [0.05, 0.1) is 4.90 Å². The average molecular weight is 312 g/mol. The lowest BCUT2D eigenvalue weighted by atomic mass is 9.88. The Labute approximate surface area is 126 Å². The number of rotatable bonds is 6. The Morgan fingerprint density at radius 1 is 1.19 bits per heavy atom. The molecule has 0 spiro atoms. The molecule has 1 aromatic rings. The number of sulfonamides is 1. The molecule has 1 aliphatic carbocycles. The van der Waals surface area contributed by atoms with Crippen molar-refractivity contribution in [2.24, 2.45) is 11.7 Å². The fraction of sp³-hybridized carbons (Fsp3) is 0.600. The molecular weight excluding hydrogens is 288 g/mol. The Kier molecular flexibility index (Phi) is 5.61. The van der Waals surface area contributed by atoms with Crippen LogP contribution in [0.5, 0.6) is 5.75 Å². The molecule has 0 aromatic heterocycles. The highest BCUT2D eigenvalue weighted by Gasteiger charge is 2.24. The van der Waals surface area contributed by atoms with Crippen LogP contribution in [0.2, 0.25) is 0 Å². The fourth-order valence-corrected chi connectivity index (χ4v) is 3.86. The van der Waals surface area contributed by atoms with E-state index in [1.54, 1.807) is 24.3 Å². The molecular formula is C15H24N2O3S. The Morgan fingerprint density at radius 3 is 2.38 bits per heavy atom. The second-order valence-corrected chi connectivity index (χ2v) is 7.40. The molecule has 21 heavy (non-hydrogen) atoms. The van der Waals surface area contributed by atoms with E-state index in [0.717, 1.165) is 25.7 Å². The summed E-state index contributed by atoms with van der Waals surface area (Å²) in [6, 6.07) is 6.51. The largest absolute Gasteiger partial charge is 0.492 e. The highest BCUT2D eigenvalue weighted by molar-refractivity contribution is 7.89. The van der Waals surface area contributed by atoms with Gasteiger partial charge in [-0.2, -0.15) is 0 Å². The smallest absolute Gasteiger partial charge is 0.240 e. The Hall–Kier alpha value is -1.11. The minimum Gasteiger partial charge on any atom is -0.492 e. The van der Waals surface area contributed by atoms with Crippen molar-refractivity contribution in [3.8, 4) is 5.75 Å². The van der Waals surface area contributed by atoms with E-state index >= 15 is 0 Å². The lowest BCUT2D eigenvalue weighted by molar-refractivity contribution is 0.328. The van der Waals surface area contributed by atoms with E-state index < -0.39 is 10.0 Å². The fourth-order valence-electron chi connectivity index (χ4n) is 2.56. The molecule has 2 rings (SSSR count). The third-order valence-electron chi connectivity index (χ3n) is 3.86. The summed E-state index contributed by atoms with van der Waals surface area (Å²) < 4.78 is 32.8. The summed E-state index contributed by atoms with van der Waals surface area (Å²) in [5, 5.41) is 0. The molecule has 0 saturated heterocycles. The second-order valence-electron chi connectivity index (χ2n) is 5.69. The number of nitrogens with one attached hydrogen (secondary N) is 1. The Morgan fingerprint density at radius 2 is 1.81 bits per heavy atom. The van der Waals surface area contributed by atoms with Gasteiger partial charge in [0.2, 0.25) is 10.0 Å². The van der Waals surface area contributed by atoms with Crippen LogP contribution in [0.15, 0.2) is 29.2 Å². The zero-order valence-electron chi connectivity index (χ0n) is 12.4. The highest BCUT2D eigenvalue weighted by Crippen LogP contribution is 2.25. The summed E-state index contributed by atoms with van der Waals surface area (Å²) in [7, 11) is -3.44. The number of ether oxygens (including phenoxy) is 1. The van der Waals surface area contributed by atoms with Gasteiger partial charge < -0.3 is 10.5 Å². The van der Waals surface area contributed by atoms with Gasteiger partial charge in [0, 0.05) is 12.6 Å². The van der Waals surface area contributed by atoms with E-state index in [-0.39, 0.29) is 10.9 Å². The number of hydrogen-bond acceptors (Lipinski definition) is 4. The van der Waals surface area contributed by atoms with Crippen molar-refractivity contribution < 1.29 is 13.2 Å². The minimum atomic E-state index is -3.44. The molecule has 0 atom stereocenters. The van der Waals surface area contributed by atoms with Crippen LogP contribution in [-0.4, -0.2) is 27.6 Å². The maximum Gasteiger partial charge on any atom is 0.240 e. The molecule has 0 amide bonds. The molecule has 1 aliphatic rings. The summed E-state index contributed by atoms with van der Waals surface area (Å²) in [6.07, 6.45) is 3.99. The third-order valence-corrected chi connectivity index (χ3v) is 5.39. The van der Waals surface area contributed by atoms with E-state index in [1.807, 2.05) is 0 Å². The Balaban J connectivity index is 1.98. The van der Waals surface area contributed by atoms with Crippen molar-refractivity contribution in [2.75, 3.05) is 13.2 Å². The van der Waals surface area contributed by atoms with E-state index in [0.29, 0.717) is 24.8 Å². The summed E-state index contributed by atoms with van der Waals surface area (Å²) in [5.74, 6) is 1.33. The van der Waals surface area contributed by atoms with Crippen LogP contribution >= 0.6 is 0 Å². The van der Waals surface area contributed by atoms with Gasteiger partial charge in [0.1, 0.15) is 12.4 Å². The first-order valence-electron chi connectivity index (χ1n) is 7.46. The number of nitrogens with two attached hydrogens (primary N) is 1. The first kappa shape index (κ1) is 16.3. The van der Waals surface area contributed by atoms with Gasteiger partial charge in [-0.15, -0.1) is 0 Å². The normalized spacial score (nSPS) is 23.0. The van der Waals surface area contributed by atoms with Crippen LogP contribution in [0.4, 0.5) is 0 Å². The van der Waals surface area contributed by atoms with Crippen LogP contribution in [0.25, 0.3) is 0 Å². The van der Waals surface area contributed by atoms with Crippen molar-refractivity contribution in [1.29, 1.82) is 0 Å². The molecule has 6 heteroatoms. The number of benzene rings is 1. The van der Waals surface area contributed by atoms with Crippen LogP contribution < -0.4 is 15.2 Å². The van der Waals surface area contributed by atoms with Gasteiger partial charge >= 0.3 is 0 Å². The van der Waals surface area contributed by atoms with Gasteiger partial charge in [-0.25, -0.2) is 13.1 Å². The summed E-state index contributed by atoms with van der Waals surface area (Å²) >= 11 is 0. The lowest BCUT2D eigenvalue weighted by Gasteiger charge is -2.26. The average Bonchev–Trinajstić information content (AvgIpc) is 2.48. The lowest BCUT2D eigenvalue weighted by Crippen LogP contribution is -2.37. The standard InChI is InChI=1S/C15H24N2O3S/c1-12-2-4-13(5-3-12)17-21(18,19)15-8-6-14(7-9-15)20-11-10-16/h6-9,12-13,17H,2-5,10-11,16H2,1H3. The van der Waals surface area contributed by atoms with E-state index in [1.165, 1.54) is 0 Å². The first-order valence-corrected chi connectivity index (χ1v) is 8.95. The van der Waals surface area contributed by atoms with Gasteiger partial charge in [-0.1, -0.05) is 6.92 Å². The second kappa shape index (κ2) is 7.24. The SMILES string of the molecule is CC1CCC(NS(=O)(=O)c2ccc(OCCN)cc2)CC1. The topological polar surface area (TPSA) is 81.4 Å². The molecule has 1 aromatic carbocycles. The maximum atomic E-state index is 12.3. The quantitative estimate of drug-likeness (QED) is 0.840. The molecule has 0 bridgehead atoms. The molecule has 1 saturated carbocycles. The van der Waals surface area contributed by atoms with Crippen LogP contribution in [0, 0.1) is 5.92 Å². The molecule has 1 fully saturated rings. The van der Waals surface area contributed by atoms with Crippen molar-refractivity contribution in [3.63, 3.8) is 0 Å². The molecule has 5 nitrogen and oxygen atoms in total. The van der Waals surface area contributed by atoms with Crippen LogP contribution in [-0.2, 0) is 10.0 Å². The summed E-state index contributed by atoms with van der Waals surface area (Å²) in [4.78, 5) is 0.279. The first-order chi connectivity index (χ1) is 10.0. The van der Waals surface area contributed by atoms with Crippen molar-refractivity contribution >= 4 is 10.0 Å². The van der Waals surface area contributed by atoms with Crippen molar-refractivity contribution in [1.82, 2.24) is 4.72 Å². The third kappa shape index (κ3) is 4.69. The van der Waals surface area contributed by atoms with Crippen LogP contribution in [0.3, 0.4) is 0 Å². The summed E-state index contributed by atoms with van der Waals surface area (Å²) in [5.41, 5.74) is 5.36. The van der Waals surface area contributed by atoms with E-state index in [2.05, 4.69) is 11.6 Å². The predicted octanol–water partition coefficient (Wildman–Crippen LogP) is 1.88. The monoisotopic (exact) mass is 312 g/mol. The number of hydrogen-bond donors (Lipinski definition) is 2. The molecule has 0 unspecified atom stereocenters. The van der Waals surface area contributed by atoms with Gasteiger partial charge in [-0.05, 0) is 55.9 Å². The van der Waals surface area contributed by atoms with Gasteiger partial charge in [0.25, 0.3) is 0 Å². The van der Waals surface area contributed by atoms with Crippen LogP contribution in [0.1, 0.15) is 32.6 Å². The van der Waals surface area contributed by atoms with Gasteiger partial charge in [-0.3, -0.25) is 0 Å². The van der Waals surface area contributed by atoms with Crippen molar-refractivity contribution in [3.05, 3.63) is 24.3 Å². The molecule has 0 heterocycles. The zero-order chi connectivity index (χ0) is 15.3. The molecule has 3 N–H and O–H groups in total. The van der Waals surface area contributed by atoms with E-state index in [4.69, 9.17) is 10.5 Å². The Bertz CT molecular complexity index is 535. The molecule has 0 aliphatic heterocycles. The summed E-state index contributed by atoms with van der Waals surface area (Å²) in [6.45, 7) is 3.07. The highest BCUT2D eigenvalue weighted by atomic mass is 32.2. The van der Waals surface area contributed by atoms with Crippen molar-refractivity contribution in [2.45, 2.75) is 43.5 Å².